The third kappa shape index (κ3) is 0.993. The molecule has 0 bridgehead atoms. The van der Waals surface area contributed by atoms with Crippen molar-refractivity contribution < 1.29 is 0 Å². The molecule has 0 radical (unpaired) electrons. The molecule has 12 heavy (non-hydrogen) atoms. The van der Waals surface area contributed by atoms with Gasteiger partial charge in [-0.1, -0.05) is 6.07 Å². The molecule has 3 heteroatoms. The van der Waals surface area contributed by atoms with E-state index in [4.69, 9.17) is 0 Å². The molecule has 0 aromatic carbocycles. The van der Waals surface area contributed by atoms with E-state index < -0.39 is 0 Å². The van der Waals surface area contributed by atoms with Gasteiger partial charge < -0.3 is 4.40 Å². The maximum Gasteiger partial charge on any atom is 0.276 e. The summed E-state index contributed by atoms with van der Waals surface area (Å²) in [7, 11) is 0. The van der Waals surface area contributed by atoms with E-state index in [0.717, 1.165) is 0 Å². The maximum atomic E-state index is 11.1. The summed E-state index contributed by atoms with van der Waals surface area (Å²) in [5, 5.41) is 0. The molecule has 0 saturated heterocycles. The number of pyridine rings is 1. The van der Waals surface area contributed by atoms with E-state index >= 15 is 0 Å². The van der Waals surface area contributed by atoms with Gasteiger partial charge in [0, 0.05) is 18.0 Å². The number of fused-ring (bicyclic) bond motifs is 1. The Morgan fingerprint density at radius 2 is 2.25 bits per heavy atom. The lowest BCUT2D eigenvalue weighted by Gasteiger charge is -1.98. The predicted octanol–water partition coefficient (Wildman–Crippen LogP) is 1.00. The Morgan fingerprint density at radius 3 is 3.08 bits per heavy atom. The standard InChI is InChI=1S/C9H8N2O/c1-7-6-11-5-3-2-4-8(11)10-9(7)12/h2-6H,1H3. The molecule has 0 aliphatic heterocycles. The molecule has 60 valence electrons. The van der Waals surface area contributed by atoms with Gasteiger partial charge in [0.2, 0.25) is 0 Å². The normalized spacial score (nSPS) is 10.4. The van der Waals surface area contributed by atoms with E-state index in [1.807, 2.05) is 22.7 Å². The van der Waals surface area contributed by atoms with Crippen molar-refractivity contribution in [1.82, 2.24) is 9.38 Å². The predicted molar refractivity (Wildman–Crippen MR) is 46.2 cm³/mol. The van der Waals surface area contributed by atoms with Gasteiger partial charge in [-0.25, -0.2) is 0 Å². The third-order valence-electron chi connectivity index (χ3n) is 1.75. The summed E-state index contributed by atoms with van der Waals surface area (Å²) in [4.78, 5) is 15.0. The molecule has 0 amide bonds. The van der Waals surface area contributed by atoms with Gasteiger partial charge in [-0.2, -0.15) is 4.98 Å². The average molecular weight is 160 g/mol. The average Bonchev–Trinajstić information content (AvgIpc) is 2.07. The summed E-state index contributed by atoms with van der Waals surface area (Å²) in [6.07, 6.45) is 3.65. The number of aryl methyl sites for hydroxylation is 1. The first-order valence-corrected chi connectivity index (χ1v) is 3.72. The topological polar surface area (TPSA) is 34.4 Å². The van der Waals surface area contributed by atoms with Crippen molar-refractivity contribution in [3.05, 3.63) is 46.5 Å². The first kappa shape index (κ1) is 7.03. The van der Waals surface area contributed by atoms with Crippen LogP contribution in [0.2, 0.25) is 0 Å². The monoisotopic (exact) mass is 160 g/mol. The van der Waals surface area contributed by atoms with Crippen LogP contribution in [-0.2, 0) is 0 Å². The summed E-state index contributed by atoms with van der Waals surface area (Å²) < 4.78 is 1.83. The zero-order chi connectivity index (χ0) is 8.55. The molecular weight excluding hydrogens is 152 g/mol. The fourth-order valence-electron chi connectivity index (χ4n) is 1.11. The molecule has 0 spiro atoms. The first-order valence-electron chi connectivity index (χ1n) is 3.72. The molecular formula is C9H8N2O. The van der Waals surface area contributed by atoms with Gasteiger partial charge in [0.15, 0.2) is 0 Å². The van der Waals surface area contributed by atoms with Crippen LogP contribution in [0.1, 0.15) is 5.56 Å². The Bertz CT molecular complexity index is 473. The second-order valence-electron chi connectivity index (χ2n) is 2.70. The maximum absolute atomic E-state index is 11.1. The van der Waals surface area contributed by atoms with Gasteiger partial charge in [0.05, 0.1) is 0 Å². The van der Waals surface area contributed by atoms with Gasteiger partial charge >= 0.3 is 0 Å². The van der Waals surface area contributed by atoms with Gasteiger partial charge in [-0.05, 0) is 19.1 Å². The molecule has 0 aliphatic rings. The smallest absolute Gasteiger partial charge is 0.276 e. The molecule has 0 fully saturated rings. The minimum atomic E-state index is -0.152. The van der Waals surface area contributed by atoms with Crippen molar-refractivity contribution in [3.8, 4) is 0 Å². The van der Waals surface area contributed by atoms with Crippen LogP contribution in [0.4, 0.5) is 0 Å². The Hall–Kier alpha value is -1.64. The highest BCUT2D eigenvalue weighted by Gasteiger charge is 1.95. The summed E-state index contributed by atoms with van der Waals surface area (Å²) >= 11 is 0. The van der Waals surface area contributed by atoms with Crippen LogP contribution >= 0.6 is 0 Å². The quantitative estimate of drug-likeness (QED) is 0.576. The number of aromatic nitrogens is 2. The summed E-state index contributed by atoms with van der Waals surface area (Å²) in [5.74, 6) is 0. The molecule has 2 aromatic heterocycles. The van der Waals surface area contributed by atoms with Crippen molar-refractivity contribution in [1.29, 1.82) is 0 Å². The summed E-state index contributed by atoms with van der Waals surface area (Å²) in [5.41, 5.74) is 1.20. The van der Waals surface area contributed by atoms with Crippen LogP contribution in [-0.4, -0.2) is 9.38 Å². The van der Waals surface area contributed by atoms with Crippen LogP contribution < -0.4 is 5.56 Å². The first-order chi connectivity index (χ1) is 5.77. The fraction of sp³-hybridized carbons (Fsp3) is 0.111. The molecule has 0 saturated carbocycles. The van der Waals surface area contributed by atoms with E-state index in [1.54, 1.807) is 19.2 Å². The van der Waals surface area contributed by atoms with Crippen molar-refractivity contribution in [2.45, 2.75) is 6.92 Å². The second kappa shape index (κ2) is 2.44. The minimum Gasteiger partial charge on any atom is -0.308 e. The number of hydrogen-bond donors (Lipinski definition) is 0. The van der Waals surface area contributed by atoms with Crippen molar-refractivity contribution in [2.24, 2.45) is 0 Å². The summed E-state index contributed by atoms with van der Waals surface area (Å²) in [6, 6.07) is 5.57. The van der Waals surface area contributed by atoms with Crippen molar-refractivity contribution in [3.63, 3.8) is 0 Å². The molecule has 0 unspecified atom stereocenters. The zero-order valence-corrected chi connectivity index (χ0v) is 6.69. The molecule has 2 rings (SSSR count). The van der Waals surface area contributed by atoms with Crippen LogP contribution in [0, 0.1) is 6.92 Å². The fourth-order valence-corrected chi connectivity index (χ4v) is 1.11. The minimum absolute atomic E-state index is 0.152. The third-order valence-corrected chi connectivity index (χ3v) is 1.75. The second-order valence-corrected chi connectivity index (χ2v) is 2.70. The van der Waals surface area contributed by atoms with Crippen molar-refractivity contribution >= 4 is 5.65 Å². The zero-order valence-electron chi connectivity index (χ0n) is 6.69. The van der Waals surface area contributed by atoms with Gasteiger partial charge in [0.25, 0.3) is 5.56 Å². The highest BCUT2D eigenvalue weighted by molar-refractivity contribution is 5.37. The lowest BCUT2D eigenvalue weighted by atomic mass is 10.3. The molecule has 0 aliphatic carbocycles. The molecule has 2 aromatic rings. The van der Waals surface area contributed by atoms with E-state index in [-0.39, 0.29) is 5.56 Å². The highest BCUT2D eigenvalue weighted by Crippen LogP contribution is 1.96. The molecule has 3 nitrogen and oxygen atoms in total. The lowest BCUT2D eigenvalue weighted by molar-refractivity contribution is 1.04. The number of nitrogens with zero attached hydrogens (tertiary/aromatic N) is 2. The largest absolute Gasteiger partial charge is 0.308 e. The number of hydrogen-bond acceptors (Lipinski definition) is 2. The van der Waals surface area contributed by atoms with E-state index in [9.17, 15) is 4.79 Å². The molecule has 0 N–H and O–H groups in total. The lowest BCUT2D eigenvalue weighted by Crippen LogP contribution is -2.11. The van der Waals surface area contributed by atoms with Crippen LogP contribution in [0.25, 0.3) is 5.65 Å². The molecule has 0 atom stereocenters. The number of rotatable bonds is 0. The van der Waals surface area contributed by atoms with Gasteiger partial charge in [0.1, 0.15) is 5.65 Å². The van der Waals surface area contributed by atoms with Crippen molar-refractivity contribution in [2.75, 3.05) is 0 Å². The van der Waals surface area contributed by atoms with Crippen LogP contribution in [0.15, 0.2) is 35.4 Å². The Kier molecular flexibility index (Phi) is 1.43. The van der Waals surface area contributed by atoms with Gasteiger partial charge in [-0.15, -0.1) is 0 Å². The molecule has 2 heterocycles. The SMILES string of the molecule is Cc1cn2ccccc2nc1=O. The van der Waals surface area contributed by atoms with E-state index in [0.29, 0.717) is 11.2 Å². The highest BCUT2D eigenvalue weighted by atomic mass is 16.1. The van der Waals surface area contributed by atoms with Crippen LogP contribution in [0.5, 0.6) is 0 Å². The van der Waals surface area contributed by atoms with Crippen LogP contribution in [0.3, 0.4) is 0 Å². The summed E-state index contributed by atoms with van der Waals surface area (Å²) in [6.45, 7) is 1.76. The van der Waals surface area contributed by atoms with E-state index in [1.165, 1.54) is 0 Å². The Morgan fingerprint density at radius 1 is 1.42 bits per heavy atom. The van der Waals surface area contributed by atoms with Gasteiger partial charge in [-0.3, -0.25) is 4.79 Å². The van der Waals surface area contributed by atoms with E-state index in [2.05, 4.69) is 4.98 Å². The Balaban J connectivity index is 2.93. The Labute approximate surface area is 69.3 Å².